The molecule has 0 spiro atoms. The lowest BCUT2D eigenvalue weighted by Crippen LogP contribution is -2.40. The summed E-state index contributed by atoms with van der Waals surface area (Å²) in [5, 5.41) is 3.21. The van der Waals surface area contributed by atoms with Crippen molar-refractivity contribution in [2.45, 2.75) is 44.9 Å². The lowest BCUT2D eigenvalue weighted by Gasteiger charge is -2.34. The molecule has 0 aromatic rings. The molecule has 3 nitrogen and oxygen atoms in total. The second-order valence-corrected chi connectivity index (χ2v) is 5.72. The molecular formula is C14H26N2O. The van der Waals surface area contributed by atoms with Gasteiger partial charge in [-0.3, -0.25) is 4.79 Å². The number of rotatable bonds is 5. The Balaban J connectivity index is 1.65. The third-order valence-electron chi connectivity index (χ3n) is 4.46. The molecule has 1 aliphatic carbocycles. The van der Waals surface area contributed by atoms with E-state index in [4.69, 9.17) is 0 Å². The summed E-state index contributed by atoms with van der Waals surface area (Å²) in [5.41, 5.74) is 0. The van der Waals surface area contributed by atoms with Crippen molar-refractivity contribution in [1.29, 1.82) is 0 Å². The molecule has 2 aliphatic rings. The Labute approximate surface area is 105 Å². The Morgan fingerprint density at radius 1 is 1.18 bits per heavy atom. The van der Waals surface area contributed by atoms with Crippen molar-refractivity contribution < 1.29 is 4.79 Å². The molecule has 2 fully saturated rings. The van der Waals surface area contributed by atoms with Crippen LogP contribution < -0.4 is 5.32 Å². The topological polar surface area (TPSA) is 32.3 Å². The Bertz CT molecular complexity index is 243. The number of likely N-dealkylation sites (tertiary alicyclic amines) is 1. The van der Waals surface area contributed by atoms with Crippen LogP contribution >= 0.6 is 0 Å². The van der Waals surface area contributed by atoms with Crippen LogP contribution in [0.4, 0.5) is 0 Å². The smallest absolute Gasteiger partial charge is 0.222 e. The molecule has 1 saturated carbocycles. The van der Waals surface area contributed by atoms with Crippen LogP contribution in [0.25, 0.3) is 0 Å². The minimum absolute atomic E-state index is 0.418. The van der Waals surface area contributed by atoms with Crippen LogP contribution in [0.15, 0.2) is 0 Å². The molecule has 0 aromatic carbocycles. The van der Waals surface area contributed by atoms with E-state index in [0.717, 1.165) is 32.0 Å². The highest BCUT2D eigenvalue weighted by atomic mass is 16.2. The maximum Gasteiger partial charge on any atom is 0.222 e. The summed E-state index contributed by atoms with van der Waals surface area (Å²) in [4.78, 5) is 14.1. The van der Waals surface area contributed by atoms with E-state index >= 15 is 0 Å². The van der Waals surface area contributed by atoms with Gasteiger partial charge in [-0.1, -0.05) is 6.42 Å². The molecule has 0 aromatic heterocycles. The molecule has 0 radical (unpaired) electrons. The molecule has 17 heavy (non-hydrogen) atoms. The fourth-order valence-corrected chi connectivity index (χ4v) is 2.89. The van der Waals surface area contributed by atoms with E-state index in [-0.39, 0.29) is 0 Å². The van der Waals surface area contributed by atoms with Gasteiger partial charge in [-0.05, 0) is 57.5 Å². The van der Waals surface area contributed by atoms with Gasteiger partial charge < -0.3 is 10.2 Å². The van der Waals surface area contributed by atoms with Crippen LogP contribution in [0.1, 0.15) is 44.9 Å². The summed E-state index contributed by atoms with van der Waals surface area (Å²) in [6, 6.07) is 0. The first-order chi connectivity index (χ1) is 8.29. The van der Waals surface area contributed by atoms with E-state index in [1.165, 1.54) is 38.5 Å². The number of nitrogens with zero attached hydrogens (tertiary/aromatic N) is 1. The monoisotopic (exact) mass is 238 g/mol. The van der Waals surface area contributed by atoms with E-state index in [9.17, 15) is 4.79 Å². The number of hydrogen-bond donors (Lipinski definition) is 1. The fraction of sp³-hybridized carbons (Fsp3) is 0.929. The van der Waals surface area contributed by atoms with Gasteiger partial charge in [-0.15, -0.1) is 0 Å². The first-order valence-electron chi connectivity index (χ1n) is 7.22. The predicted octanol–water partition coefficient (Wildman–Crippen LogP) is 2.02. The van der Waals surface area contributed by atoms with Crippen LogP contribution in [-0.4, -0.2) is 37.5 Å². The first kappa shape index (κ1) is 12.9. The Kier molecular flexibility index (Phi) is 4.84. The van der Waals surface area contributed by atoms with Crippen molar-refractivity contribution >= 4 is 5.91 Å². The molecule has 98 valence electrons. The molecule has 3 heteroatoms. The van der Waals surface area contributed by atoms with Gasteiger partial charge in [0.05, 0.1) is 0 Å². The summed E-state index contributed by atoms with van der Waals surface area (Å²) in [6.07, 6.45) is 8.40. The molecular weight excluding hydrogens is 212 g/mol. The number of hydrogen-bond acceptors (Lipinski definition) is 2. The number of nitrogens with one attached hydrogen (secondary N) is 1. The predicted molar refractivity (Wildman–Crippen MR) is 69.8 cm³/mol. The average molecular weight is 238 g/mol. The normalized spacial score (nSPS) is 22.5. The zero-order chi connectivity index (χ0) is 12.1. The maximum atomic E-state index is 12.0. The van der Waals surface area contributed by atoms with Gasteiger partial charge >= 0.3 is 0 Å². The number of carbonyl (C=O) groups is 1. The minimum atomic E-state index is 0.418. The molecule has 1 amide bonds. The summed E-state index contributed by atoms with van der Waals surface area (Å²) in [6.45, 7) is 3.11. The molecule has 0 unspecified atom stereocenters. The minimum Gasteiger partial charge on any atom is -0.343 e. The highest BCUT2D eigenvalue weighted by Crippen LogP contribution is 2.30. The van der Waals surface area contributed by atoms with E-state index in [1.54, 1.807) is 0 Å². The summed E-state index contributed by atoms with van der Waals surface area (Å²) < 4.78 is 0. The lowest BCUT2D eigenvalue weighted by molar-refractivity contribution is -0.134. The lowest BCUT2D eigenvalue weighted by atomic mass is 9.82. The zero-order valence-corrected chi connectivity index (χ0v) is 11.1. The van der Waals surface area contributed by atoms with Crippen LogP contribution in [0.5, 0.6) is 0 Å². The van der Waals surface area contributed by atoms with E-state index in [0.29, 0.717) is 11.8 Å². The molecule has 0 atom stereocenters. The molecule has 1 saturated heterocycles. The van der Waals surface area contributed by atoms with Gasteiger partial charge in [0.2, 0.25) is 5.91 Å². The molecule has 1 N–H and O–H groups in total. The van der Waals surface area contributed by atoms with Gasteiger partial charge in [0.15, 0.2) is 0 Å². The Hall–Kier alpha value is -0.570. The molecule has 2 rings (SSSR count). The highest BCUT2D eigenvalue weighted by Gasteiger charge is 2.26. The summed E-state index contributed by atoms with van der Waals surface area (Å²) in [7, 11) is 2.01. The molecule has 0 bridgehead atoms. The zero-order valence-electron chi connectivity index (χ0n) is 11.1. The van der Waals surface area contributed by atoms with Gasteiger partial charge in [-0.2, -0.15) is 0 Å². The van der Waals surface area contributed by atoms with Crippen molar-refractivity contribution in [3.8, 4) is 0 Å². The summed E-state index contributed by atoms with van der Waals surface area (Å²) >= 11 is 0. The van der Waals surface area contributed by atoms with Crippen molar-refractivity contribution in [3.63, 3.8) is 0 Å². The SMILES string of the molecule is CNCCC1CCN(C(=O)CC2CCC2)CC1. The van der Waals surface area contributed by atoms with Crippen LogP contribution in [0.2, 0.25) is 0 Å². The number of carbonyl (C=O) groups excluding carboxylic acids is 1. The van der Waals surface area contributed by atoms with Crippen LogP contribution in [0, 0.1) is 11.8 Å². The van der Waals surface area contributed by atoms with Crippen molar-refractivity contribution in [1.82, 2.24) is 10.2 Å². The largest absolute Gasteiger partial charge is 0.343 e. The third-order valence-corrected chi connectivity index (χ3v) is 4.46. The Morgan fingerprint density at radius 3 is 2.41 bits per heavy atom. The van der Waals surface area contributed by atoms with Gasteiger partial charge in [0.1, 0.15) is 0 Å². The first-order valence-corrected chi connectivity index (χ1v) is 7.22. The second-order valence-electron chi connectivity index (χ2n) is 5.72. The highest BCUT2D eigenvalue weighted by molar-refractivity contribution is 5.76. The molecule has 1 aliphatic heterocycles. The fourth-order valence-electron chi connectivity index (χ4n) is 2.89. The number of piperidine rings is 1. The van der Waals surface area contributed by atoms with E-state index in [2.05, 4.69) is 10.2 Å². The standard InChI is InChI=1S/C14H26N2O/c1-15-8-5-12-6-9-16(10-7-12)14(17)11-13-3-2-4-13/h12-13,15H,2-11H2,1H3. The van der Waals surface area contributed by atoms with E-state index in [1.807, 2.05) is 7.05 Å². The maximum absolute atomic E-state index is 12.0. The van der Waals surface area contributed by atoms with Gasteiger partial charge in [0.25, 0.3) is 0 Å². The van der Waals surface area contributed by atoms with Crippen molar-refractivity contribution in [3.05, 3.63) is 0 Å². The Morgan fingerprint density at radius 2 is 1.88 bits per heavy atom. The van der Waals surface area contributed by atoms with E-state index < -0.39 is 0 Å². The van der Waals surface area contributed by atoms with Crippen LogP contribution in [-0.2, 0) is 4.79 Å². The second kappa shape index (κ2) is 6.39. The van der Waals surface area contributed by atoms with Crippen molar-refractivity contribution in [2.24, 2.45) is 11.8 Å². The van der Waals surface area contributed by atoms with Gasteiger partial charge in [-0.25, -0.2) is 0 Å². The third kappa shape index (κ3) is 3.70. The van der Waals surface area contributed by atoms with Gasteiger partial charge in [0, 0.05) is 19.5 Å². The van der Waals surface area contributed by atoms with Crippen LogP contribution in [0.3, 0.4) is 0 Å². The van der Waals surface area contributed by atoms with Crippen molar-refractivity contribution in [2.75, 3.05) is 26.7 Å². The number of amides is 1. The molecule has 1 heterocycles. The quantitative estimate of drug-likeness (QED) is 0.795. The summed E-state index contributed by atoms with van der Waals surface area (Å²) in [5.74, 6) is 1.96. The average Bonchev–Trinajstić information content (AvgIpc) is 2.31.